The highest BCUT2D eigenvalue weighted by atomic mass is 14.2. The lowest BCUT2D eigenvalue weighted by molar-refractivity contribution is 0.595. The van der Waals surface area contributed by atoms with Crippen molar-refractivity contribution in [2.75, 3.05) is 0 Å². The number of benzene rings is 3. The molecule has 0 unspecified atom stereocenters. The molecule has 20 heavy (non-hydrogen) atoms. The third-order valence-electron chi connectivity index (χ3n) is 4.96. The average Bonchev–Trinajstić information content (AvgIpc) is 2.47. The molecule has 0 bridgehead atoms. The van der Waals surface area contributed by atoms with Gasteiger partial charge in [0.2, 0.25) is 0 Å². The number of aryl methyl sites for hydroxylation is 2. The Morgan fingerprint density at radius 3 is 2.50 bits per heavy atom. The molecule has 0 spiro atoms. The lowest BCUT2D eigenvalue weighted by Crippen LogP contribution is -2.07. The molecule has 1 atom stereocenters. The van der Waals surface area contributed by atoms with Crippen molar-refractivity contribution in [1.29, 1.82) is 0 Å². The predicted molar refractivity (Wildman–Crippen MR) is 87.5 cm³/mol. The SMILES string of the molecule is Cc1cc2c3c(ccc2c2ccccc12)CCC[C@H]3C. The van der Waals surface area contributed by atoms with Crippen molar-refractivity contribution < 1.29 is 0 Å². The lowest BCUT2D eigenvalue weighted by Gasteiger charge is -2.25. The summed E-state index contributed by atoms with van der Waals surface area (Å²) in [5.74, 6) is 0.697. The van der Waals surface area contributed by atoms with Crippen molar-refractivity contribution in [2.45, 2.75) is 39.0 Å². The first kappa shape index (κ1) is 12.0. The highest BCUT2D eigenvalue weighted by Gasteiger charge is 2.19. The maximum atomic E-state index is 2.42. The summed E-state index contributed by atoms with van der Waals surface area (Å²) in [7, 11) is 0. The van der Waals surface area contributed by atoms with E-state index in [1.54, 1.807) is 11.1 Å². The van der Waals surface area contributed by atoms with Crippen LogP contribution in [0.5, 0.6) is 0 Å². The summed E-state index contributed by atoms with van der Waals surface area (Å²) >= 11 is 0. The van der Waals surface area contributed by atoms with E-state index in [2.05, 4.69) is 56.3 Å². The van der Waals surface area contributed by atoms with Gasteiger partial charge < -0.3 is 0 Å². The van der Waals surface area contributed by atoms with Crippen LogP contribution in [0.25, 0.3) is 21.5 Å². The van der Waals surface area contributed by atoms with E-state index in [1.165, 1.54) is 46.4 Å². The molecule has 3 aromatic carbocycles. The molecule has 0 heterocycles. The molecular formula is C20H20. The van der Waals surface area contributed by atoms with Gasteiger partial charge in [-0.25, -0.2) is 0 Å². The maximum absolute atomic E-state index is 2.42. The second kappa shape index (κ2) is 4.34. The van der Waals surface area contributed by atoms with Gasteiger partial charge in [0.25, 0.3) is 0 Å². The van der Waals surface area contributed by atoms with Gasteiger partial charge in [0, 0.05) is 0 Å². The standard InChI is InChI=1S/C20H20/c1-13-6-5-7-15-10-11-18-17-9-4-3-8-16(17)14(2)12-19(18)20(13)15/h3-4,8-13H,5-7H2,1-2H3/t13-/m1/s1. The summed E-state index contributed by atoms with van der Waals surface area (Å²) in [4.78, 5) is 0. The molecule has 3 aromatic rings. The molecule has 4 rings (SSSR count). The first-order valence-corrected chi connectivity index (χ1v) is 7.69. The van der Waals surface area contributed by atoms with Crippen LogP contribution in [-0.2, 0) is 6.42 Å². The minimum atomic E-state index is 0.697. The summed E-state index contributed by atoms with van der Waals surface area (Å²) in [6.45, 7) is 4.64. The van der Waals surface area contributed by atoms with Crippen LogP contribution in [-0.4, -0.2) is 0 Å². The van der Waals surface area contributed by atoms with Gasteiger partial charge in [-0.05, 0) is 70.3 Å². The number of rotatable bonds is 0. The van der Waals surface area contributed by atoms with Gasteiger partial charge in [0.05, 0.1) is 0 Å². The topological polar surface area (TPSA) is 0 Å². The van der Waals surface area contributed by atoms with Crippen molar-refractivity contribution in [3.63, 3.8) is 0 Å². The minimum Gasteiger partial charge on any atom is -0.0616 e. The first-order valence-electron chi connectivity index (χ1n) is 7.69. The Labute approximate surface area is 120 Å². The first-order chi connectivity index (χ1) is 9.75. The van der Waals surface area contributed by atoms with E-state index in [0.29, 0.717) is 5.92 Å². The molecule has 0 heteroatoms. The van der Waals surface area contributed by atoms with Crippen LogP contribution in [0.3, 0.4) is 0 Å². The van der Waals surface area contributed by atoms with E-state index in [9.17, 15) is 0 Å². The van der Waals surface area contributed by atoms with Gasteiger partial charge >= 0.3 is 0 Å². The minimum absolute atomic E-state index is 0.697. The molecule has 0 fully saturated rings. The highest BCUT2D eigenvalue weighted by molar-refractivity contribution is 6.10. The zero-order chi connectivity index (χ0) is 13.7. The Kier molecular flexibility index (Phi) is 2.60. The van der Waals surface area contributed by atoms with Crippen molar-refractivity contribution in [3.8, 4) is 0 Å². The van der Waals surface area contributed by atoms with E-state index < -0.39 is 0 Å². The molecule has 0 aliphatic heterocycles. The Bertz CT molecular complexity index is 811. The van der Waals surface area contributed by atoms with Gasteiger partial charge in [0.15, 0.2) is 0 Å². The Hall–Kier alpha value is -1.82. The molecule has 0 amide bonds. The van der Waals surface area contributed by atoms with E-state index in [0.717, 1.165) is 0 Å². The quantitative estimate of drug-likeness (QED) is 0.452. The summed E-state index contributed by atoms with van der Waals surface area (Å²) < 4.78 is 0. The van der Waals surface area contributed by atoms with Gasteiger partial charge in [-0.1, -0.05) is 49.4 Å². The van der Waals surface area contributed by atoms with Gasteiger partial charge in [-0.2, -0.15) is 0 Å². The zero-order valence-corrected chi connectivity index (χ0v) is 12.2. The van der Waals surface area contributed by atoms with Crippen LogP contribution in [0, 0.1) is 6.92 Å². The van der Waals surface area contributed by atoms with Crippen molar-refractivity contribution in [3.05, 3.63) is 59.2 Å². The highest BCUT2D eigenvalue weighted by Crippen LogP contribution is 2.39. The van der Waals surface area contributed by atoms with Gasteiger partial charge in [0.1, 0.15) is 0 Å². The summed E-state index contributed by atoms with van der Waals surface area (Å²) in [6, 6.07) is 15.9. The van der Waals surface area contributed by atoms with Gasteiger partial charge in [-0.15, -0.1) is 0 Å². The molecule has 0 nitrogen and oxygen atoms in total. The lowest BCUT2D eigenvalue weighted by atomic mass is 9.80. The summed E-state index contributed by atoms with van der Waals surface area (Å²) in [6.07, 6.45) is 3.92. The van der Waals surface area contributed by atoms with Crippen LogP contribution in [0.4, 0.5) is 0 Å². The van der Waals surface area contributed by atoms with E-state index >= 15 is 0 Å². The fraction of sp³-hybridized carbons (Fsp3) is 0.300. The van der Waals surface area contributed by atoms with E-state index in [-0.39, 0.29) is 0 Å². The molecule has 1 aliphatic rings. The molecule has 0 saturated carbocycles. The largest absolute Gasteiger partial charge is 0.0616 e. The van der Waals surface area contributed by atoms with E-state index in [1.807, 2.05) is 0 Å². The zero-order valence-electron chi connectivity index (χ0n) is 12.2. The summed E-state index contributed by atoms with van der Waals surface area (Å²) in [5, 5.41) is 5.72. The number of fused-ring (bicyclic) bond motifs is 5. The molecule has 100 valence electrons. The van der Waals surface area contributed by atoms with Crippen LogP contribution in [0.2, 0.25) is 0 Å². The third kappa shape index (κ3) is 1.61. The average molecular weight is 260 g/mol. The molecule has 1 aliphatic carbocycles. The number of hydrogen-bond acceptors (Lipinski definition) is 0. The van der Waals surface area contributed by atoms with Crippen LogP contribution >= 0.6 is 0 Å². The van der Waals surface area contributed by atoms with Crippen LogP contribution < -0.4 is 0 Å². The molecule has 0 saturated heterocycles. The summed E-state index contributed by atoms with van der Waals surface area (Å²) in [5.41, 5.74) is 4.59. The smallest absolute Gasteiger partial charge is 0.0102 e. The van der Waals surface area contributed by atoms with Gasteiger partial charge in [-0.3, -0.25) is 0 Å². The Morgan fingerprint density at radius 2 is 1.65 bits per heavy atom. The molecule has 0 aromatic heterocycles. The maximum Gasteiger partial charge on any atom is -0.0102 e. The van der Waals surface area contributed by atoms with Crippen LogP contribution in [0.1, 0.15) is 42.4 Å². The molecular weight excluding hydrogens is 240 g/mol. The Balaban J connectivity index is 2.19. The number of hydrogen-bond donors (Lipinski definition) is 0. The normalized spacial score (nSPS) is 18.4. The fourth-order valence-corrected chi connectivity index (χ4v) is 3.97. The van der Waals surface area contributed by atoms with Crippen molar-refractivity contribution >= 4 is 21.5 Å². The Morgan fingerprint density at radius 1 is 0.900 bits per heavy atom. The predicted octanol–water partition coefficient (Wildman–Crippen LogP) is 5.74. The monoisotopic (exact) mass is 260 g/mol. The van der Waals surface area contributed by atoms with E-state index in [4.69, 9.17) is 0 Å². The second-order valence-corrected chi connectivity index (χ2v) is 6.27. The van der Waals surface area contributed by atoms with Crippen LogP contribution in [0.15, 0.2) is 42.5 Å². The molecule has 0 radical (unpaired) electrons. The molecule has 0 N–H and O–H groups in total. The fourth-order valence-electron chi connectivity index (χ4n) is 3.97. The van der Waals surface area contributed by atoms with Crippen molar-refractivity contribution in [2.24, 2.45) is 0 Å². The second-order valence-electron chi connectivity index (χ2n) is 6.27. The third-order valence-corrected chi connectivity index (χ3v) is 4.96. The van der Waals surface area contributed by atoms with Crippen molar-refractivity contribution in [1.82, 2.24) is 0 Å².